The first-order valence-electron chi connectivity index (χ1n) is 18.2. The number of aromatic nitrogens is 1. The van der Waals surface area contributed by atoms with E-state index in [1.54, 1.807) is 6.20 Å². The average molecular weight is 718 g/mol. The lowest BCUT2D eigenvalue weighted by molar-refractivity contribution is -0.146. The Morgan fingerprint density at radius 2 is 1.47 bits per heavy atom. The first-order chi connectivity index (χ1) is 22.1. The number of aliphatic carboxylic acids is 1. The molecule has 0 amide bonds. The van der Waals surface area contributed by atoms with Crippen molar-refractivity contribution >= 4 is 34.5 Å². The standard InChI is InChI=1S/C40H71NO6Si2/c1-28(23-24-33(42)30(3)26-32-22-17-18-25-41-32)20-19-21-29(2)36(47-49(15,16)39(8,9)10)31(4)37(45)40(11,12)34(27-35(43)44)46-48(13,14)38(5,6)7/h17-18,22-23,25-26,29,31,33-34,36,42H,19-21,24,27H2,1-16H3,(H,43,44)/b28-23-,30-26+/t29-,31+,33-,34-,36-/m0/s1. The van der Waals surface area contributed by atoms with Crippen LogP contribution < -0.4 is 0 Å². The Morgan fingerprint density at radius 1 is 0.918 bits per heavy atom. The molecule has 0 spiro atoms. The molecule has 1 aromatic rings. The van der Waals surface area contributed by atoms with E-state index in [0.29, 0.717) is 6.42 Å². The number of aliphatic hydroxyl groups is 1. The second-order valence-electron chi connectivity index (χ2n) is 18.0. The molecule has 1 rings (SSSR count). The minimum absolute atomic E-state index is 0.00721. The highest BCUT2D eigenvalue weighted by Gasteiger charge is 2.49. The fourth-order valence-corrected chi connectivity index (χ4v) is 8.43. The molecule has 49 heavy (non-hydrogen) atoms. The molecule has 0 unspecified atom stereocenters. The number of carboxylic acid groups (broad SMARTS) is 1. The van der Waals surface area contributed by atoms with Crippen LogP contribution >= 0.6 is 0 Å². The zero-order chi connectivity index (χ0) is 38.2. The summed E-state index contributed by atoms with van der Waals surface area (Å²) in [7, 11) is -4.63. The van der Waals surface area contributed by atoms with Crippen LogP contribution in [0.3, 0.4) is 0 Å². The van der Waals surface area contributed by atoms with E-state index in [9.17, 15) is 19.8 Å². The monoisotopic (exact) mass is 717 g/mol. The Kier molecular flexibility index (Phi) is 16.6. The van der Waals surface area contributed by atoms with E-state index >= 15 is 0 Å². The van der Waals surface area contributed by atoms with Gasteiger partial charge in [-0.2, -0.15) is 0 Å². The van der Waals surface area contributed by atoms with Crippen LogP contribution in [0, 0.1) is 17.3 Å². The van der Waals surface area contributed by atoms with E-state index in [2.05, 4.69) is 92.6 Å². The highest BCUT2D eigenvalue weighted by atomic mass is 28.4. The van der Waals surface area contributed by atoms with Crippen molar-refractivity contribution in [2.24, 2.45) is 17.3 Å². The lowest BCUT2D eigenvalue weighted by atomic mass is 9.73. The van der Waals surface area contributed by atoms with Gasteiger partial charge in [-0.05, 0) is 105 Å². The maximum absolute atomic E-state index is 14.5. The zero-order valence-electron chi connectivity index (χ0n) is 33.9. The molecule has 0 aliphatic rings. The number of nitrogens with zero attached hydrogens (tertiary/aromatic N) is 1. The third-order valence-electron chi connectivity index (χ3n) is 11.3. The molecule has 0 fully saturated rings. The van der Waals surface area contributed by atoms with Gasteiger partial charge in [0.2, 0.25) is 0 Å². The highest BCUT2D eigenvalue weighted by molar-refractivity contribution is 6.74. The number of allylic oxidation sites excluding steroid dienone is 1. The summed E-state index contributed by atoms with van der Waals surface area (Å²) in [5, 5.41) is 20.5. The van der Waals surface area contributed by atoms with Gasteiger partial charge < -0.3 is 19.1 Å². The van der Waals surface area contributed by atoms with Crippen molar-refractivity contribution in [3.8, 4) is 0 Å². The van der Waals surface area contributed by atoms with Crippen LogP contribution in [0.15, 0.2) is 41.6 Å². The molecule has 5 atom stereocenters. The molecule has 0 aliphatic carbocycles. The smallest absolute Gasteiger partial charge is 0.305 e. The Bertz CT molecular complexity index is 1270. The van der Waals surface area contributed by atoms with E-state index in [1.165, 1.54) is 5.57 Å². The number of carbonyl (C=O) groups excluding carboxylic acids is 1. The van der Waals surface area contributed by atoms with Gasteiger partial charge in [0.25, 0.3) is 0 Å². The lowest BCUT2D eigenvalue weighted by Gasteiger charge is -2.46. The minimum Gasteiger partial charge on any atom is -0.481 e. The SMILES string of the molecule is C/C(=C/C[C@H](O)/C(C)=C/c1ccccn1)CCC[C@H](C)[C@H](O[Si](C)(C)C(C)(C)C)[C@@H](C)C(=O)C(C)(C)[C@H](CC(=O)O)O[Si](C)(C)C(C)(C)C. The molecule has 0 radical (unpaired) electrons. The van der Waals surface area contributed by atoms with E-state index in [1.807, 2.05) is 52.0 Å². The number of carbonyl (C=O) groups is 2. The second kappa shape index (κ2) is 18.0. The van der Waals surface area contributed by atoms with E-state index in [4.69, 9.17) is 8.85 Å². The van der Waals surface area contributed by atoms with Crippen LogP contribution in [-0.2, 0) is 18.4 Å². The quantitative estimate of drug-likeness (QED) is 0.108. The van der Waals surface area contributed by atoms with Crippen molar-refractivity contribution in [2.75, 3.05) is 0 Å². The number of pyridine rings is 1. The molecule has 9 heteroatoms. The fourth-order valence-electron chi connectivity index (χ4n) is 5.52. The molecule has 1 aromatic heterocycles. The average Bonchev–Trinajstić information content (AvgIpc) is 2.96. The summed E-state index contributed by atoms with van der Waals surface area (Å²) in [5.41, 5.74) is 1.91. The van der Waals surface area contributed by atoms with E-state index in [-0.39, 0.29) is 34.3 Å². The van der Waals surface area contributed by atoms with Gasteiger partial charge in [-0.25, -0.2) is 0 Å². The van der Waals surface area contributed by atoms with Crippen LogP contribution in [0.4, 0.5) is 0 Å². The maximum atomic E-state index is 14.5. The summed E-state index contributed by atoms with van der Waals surface area (Å²) < 4.78 is 13.8. The molecule has 0 bridgehead atoms. The van der Waals surface area contributed by atoms with Gasteiger partial charge in [-0.15, -0.1) is 0 Å². The normalized spacial score (nSPS) is 17.3. The first kappa shape index (κ1) is 45.1. The van der Waals surface area contributed by atoms with Crippen LogP contribution in [0.5, 0.6) is 0 Å². The topological polar surface area (TPSA) is 106 Å². The van der Waals surface area contributed by atoms with Crippen molar-refractivity contribution in [3.05, 3.63) is 47.3 Å². The number of carboxylic acids is 1. The molecule has 1 heterocycles. The Labute approximate surface area is 301 Å². The number of rotatable bonds is 19. The summed E-state index contributed by atoms with van der Waals surface area (Å²) in [6, 6.07) is 5.73. The Morgan fingerprint density at radius 3 is 1.96 bits per heavy atom. The second-order valence-corrected chi connectivity index (χ2v) is 27.5. The van der Waals surface area contributed by atoms with Crippen LogP contribution in [0.1, 0.15) is 121 Å². The van der Waals surface area contributed by atoms with Crippen molar-refractivity contribution in [3.63, 3.8) is 0 Å². The van der Waals surface area contributed by atoms with Crippen molar-refractivity contribution in [1.82, 2.24) is 4.98 Å². The lowest BCUT2D eigenvalue weighted by Crippen LogP contribution is -2.54. The summed E-state index contributed by atoms with van der Waals surface area (Å²) in [6.45, 7) is 33.6. The number of hydrogen-bond acceptors (Lipinski definition) is 6. The van der Waals surface area contributed by atoms with Crippen LogP contribution in [0.2, 0.25) is 36.3 Å². The molecule has 0 aliphatic heterocycles. The van der Waals surface area contributed by atoms with Crippen LogP contribution in [0.25, 0.3) is 6.08 Å². The highest BCUT2D eigenvalue weighted by Crippen LogP contribution is 2.44. The number of Topliss-reactive ketones (excluding diaryl/α,β-unsaturated/α-hetero) is 1. The molecule has 0 saturated carbocycles. The molecule has 0 saturated heterocycles. The minimum atomic E-state index is -2.37. The van der Waals surface area contributed by atoms with Gasteiger partial charge in [-0.1, -0.05) is 87.0 Å². The largest absolute Gasteiger partial charge is 0.481 e. The Hall–Kier alpha value is -1.92. The molecule has 280 valence electrons. The summed E-state index contributed by atoms with van der Waals surface area (Å²) in [4.78, 5) is 30.9. The molecule has 2 N–H and O–H groups in total. The zero-order valence-corrected chi connectivity index (χ0v) is 35.9. The molecule has 7 nitrogen and oxygen atoms in total. The third kappa shape index (κ3) is 13.6. The fraction of sp³-hybridized carbons (Fsp3) is 0.725. The van der Waals surface area contributed by atoms with Gasteiger partial charge in [0.15, 0.2) is 16.6 Å². The maximum Gasteiger partial charge on any atom is 0.305 e. The number of hydrogen-bond donors (Lipinski definition) is 2. The molecule has 0 aromatic carbocycles. The van der Waals surface area contributed by atoms with Gasteiger partial charge in [0.1, 0.15) is 5.78 Å². The van der Waals surface area contributed by atoms with E-state index in [0.717, 1.165) is 30.5 Å². The van der Waals surface area contributed by atoms with Crippen molar-refractivity contribution < 1.29 is 28.7 Å². The predicted molar refractivity (Wildman–Crippen MR) is 210 cm³/mol. The summed E-state index contributed by atoms with van der Waals surface area (Å²) in [5.74, 6) is -1.31. The van der Waals surface area contributed by atoms with Crippen molar-refractivity contribution in [1.29, 1.82) is 0 Å². The third-order valence-corrected chi connectivity index (χ3v) is 20.2. The Balaban J connectivity index is 3.20. The van der Waals surface area contributed by atoms with Gasteiger partial charge >= 0.3 is 5.97 Å². The van der Waals surface area contributed by atoms with Gasteiger partial charge in [-0.3, -0.25) is 14.6 Å². The van der Waals surface area contributed by atoms with Gasteiger partial charge in [0.05, 0.1) is 30.4 Å². The predicted octanol–water partition coefficient (Wildman–Crippen LogP) is 10.5. The van der Waals surface area contributed by atoms with Crippen molar-refractivity contribution in [2.45, 2.75) is 170 Å². The first-order valence-corrected chi connectivity index (χ1v) is 24.0. The number of aliphatic hydroxyl groups excluding tert-OH is 1. The number of ketones is 1. The van der Waals surface area contributed by atoms with E-state index < -0.39 is 46.1 Å². The van der Waals surface area contributed by atoms with Gasteiger partial charge in [0, 0.05) is 17.5 Å². The summed E-state index contributed by atoms with van der Waals surface area (Å²) >= 11 is 0. The molecular formula is C40H71NO6Si2. The van der Waals surface area contributed by atoms with Crippen LogP contribution in [-0.4, -0.2) is 61.9 Å². The summed E-state index contributed by atoms with van der Waals surface area (Å²) in [6.07, 6.45) is 7.19. The molecular weight excluding hydrogens is 647 g/mol.